The van der Waals surface area contributed by atoms with Gasteiger partial charge in [-0.25, -0.2) is 4.98 Å². The molecule has 3 aromatic rings. The van der Waals surface area contributed by atoms with E-state index in [2.05, 4.69) is 20.0 Å². The second-order valence-electron chi connectivity index (χ2n) is 6.83. The van der Waals surface area contributed by atoms with Crippen LogP contribution in [-0.2, 0) is 17.9 Å². The van der Waals surface area contributed by atoms with Crippen molar-refractivity contribution >= 4 is 5.91 Å². The van der Waals surface area contributed by atoms with E-state index in [9.17, 15) is 4.79 Å². The van der Waals surface area contributed by atoms with Crippen LogP contribution in [0.15, 0.2) is 47.2 Å². The smallest absolute Gasteiger partial charge is 0.241 e. The fraction of sp³-hybridized carbons (Fsp3) is 0.368. The molecule has 3 heterocycles. The first kappa shape index (κ1) is 17.4. The van der Waals surface area contributed by atoms with Crippen molar-refractivity contribution in [2.24, 2.45) is 5.73 Å². The maximum Gasteiger partial charge on any atom is 0.241 e. The van der Waals surface area contributed by atoms with Crippen molar-refractivity contribution in [3.8, 4) is 11.4 Å². The molecule has 0 bridgehead atoms. The third kappa shape index (κ3) is 4.06. The van der Waals surface area contributed by atoms with Gasteiger partial charge in [0.05, 0.1) is 6.54 Å². The fourth-order valence-electron chi connectivity index (χ4n) is 3.61. The molecule has 1 aliphatic rings. The summed E-state index contributed by atoms with van der Waals surface area (Å²) in [5.41, 5.74) is 6.28. The summed E-state index contributed by atoms with van der Waals surface area (Å²) in [7, 11) is 0. The first-order valence-corrected chi connectivity index (χ1v) is 9.09. The monoisotopic (exact) mass is 366 g/mol. The van der Waals surface area contributed by atoms with Gasteiger partial charge >= 0.3 is 0 Å². The van der Waals surface area contributed by atoms with Crippen molar-refractivity contribution < 1.29 is 9.32 Å². The van der Waals surface area contributed by atoms with E-state index >= 15 is 0 Å². The van der Waals surface area contributed by atoms with Crippen LogP contribution < -0.4 is 5.73 Å². The van der Waals surface area contributed by atoms with E-state index in [4.69, 9.17) is 10.3 Å². The van der Waals surface area contributed by atoms with E-state index in [1.54, 1.807) is 6.20 Å². The number of imidazole rings is 1. The molecule has 8 heteroatoms. The van der Waals surface area contributed by atoms with Crippen molar-refractivity contribution in [3.63, 3.8) is 0 Å². The van der Waals surface area contributed by atoms with Gasteiger partial charge in [0.1, 0.15) is 12.4 Å². The van der Waals surface area contributed by atoms with Gasteiger partial charge in [0, 0.05) is 30.4 Å². The first-order valence-electron chi connectivity index (χ1n) is 9.09. The van der Waals surface area contributed by atoms with Crippen LogP contribution in [0.3, 0.4) is 0 Å². The number of nitrogens with two attached hydrogens (primary N) is 1. The molecular weight excluding hydrogens is 344 g/mol. The number of rotatable bonds is 6. The Labute approximate surface area is 157 Å². The van der Waals surface area contributed by atoms with Crippen molar-refractivity contribution in [1.29, 1.82) is 0 Å². The number of carbonyl (C=O) groups is 1. The van der Waals surface area contributed by atoms with Gasteiger partial charge in [0.2, 0.25) is 17.6 Å². The molecular formula is C19H22N6O2. The van der Waals surface area contributed by atoms with Crippen LogP contribution in [0.25, 0.3) is 11.4 Å². The van der Waals surface area contributed by atoms with Crippen LogP contribution >= 0.6 is 0 Å². The van der Waals surface area contributed by atoms with Crippen LogP contribution in [0.2, 0.25) is 0 Å². The Morgan fingerprint density at radius 3 is 2.96 bits per heavy atom. The molecule has 1 saturated heterocycles. The van der Waals surface area contributed by atoms with Gasteiger partial charge in [-0.3, -0.25) is 9.69 Å². The molecule has 4 rings (SSSR count). The highest BCUT2D eigenvalue weighted by molar-refractivity contribution is 5.73. The molecule has 1 atom stereocenters. The number of primary amides is 1. The lowest BCUT2D eigenvalue weighted by molar-refractivity contribution is -0.118. The minimum Gasteiger partial charge on any atom is -0.368 e. The Morgan fingerprint density at radius 2 is 2.15 bits per heavy atom. The number of carbonyl (C=O) groups excluding carboxylic acids is 1. The second kappa shape index (κ2) is 7.71. The largest absolute Gasteiger partial charge is 0.368 e. The average Bonchev–Trinajstić information content (AvgIpc) is 3.32. The molecule has 1 amide bonds. The number of hydrogen-bond donors (Lipinski definition) is 1. The second-order valence-corrected chi connectivity index (χ2v) is 6.83. The van der Waals surface area contributed by atoms with E-state index in [0.717, 1.165) is 37.3 Å². The lowest BCUT2D eigenvalue weighted by Crippen LogP contribution is -2.35. The highest BCUT2D eigenvalue weighted by Crippen LogP contribution is 2.27. The van der Waals surface area contributed by atoms with Crippen molar-refractivity contribution in [2.75, 3.05) is 13.1 Å². The molecule has 27 heavy (non-hydrogen) atoms. The summed E-state index contributed by atoms with van der Waals surface area (Å²) in [5.74, 6) is 2.02. The molecule has 8 nitrogen and oxygen atoms in total. The Hall–Kier alpha value is -3.00. The van der Waals surface area contributed by atoms with E-state index in [-0.39, 0.29) is 18.4 Å². The predicted octanol–water partition coefficient (Wildman–Crippen LogP) is 1.80. The van der Waals surface area contributed by atoms with Crippen LogP contribution in [0.5, 0.6) is 0 Å². The average molecular weight is 366 g/mol. The maximum absolute atomic E-state index is 11.3. The number of hydrogen-bond acceptors (Lipinski definition) is 6. The summed E-state index contributed by atoms with van der Waals surface area (Å²) in [6.45, 7) is 2.57. The summed E-state index contributed by atoms with van der Waals surface area (Å²) in [6, 6.07) is 9.79. The van der Waals surface area contributed by atoms with Gasteiger partial charge in [-0.15, -0.1) is 0 Å². The van der Waals surface area contributed by atoms with E-state index in [1.165, 1.54) is 0 Å². The third-order valence-corrected chi connectivity index (χ3v) is 4.80. The van der Waals surface area contributed by atoms with Crippen molar-refractivity contribution in [2.45, 2.75) is 31.8 Å². The Balaban J connectivity index is 1.43. The van der Waals surface area contributed by atoms with Gasteiger partial charge in [0.15, 0.2) is 0 Å². The summed E-state index contributed by atoms with van der Waals surface area (Å²) < 4.78 is 7.28. The highest BCUT2D eigenvalue weighted by atomic mass is 16.5. The zero-order valence-corrected chi connectivity index (χ0v) is 15.0. The Bertz CT molecular complexity index is 904. The van der Waals surface area contributed by atoms with Crippen LogP contribution in [0.4, 0.5) is 0 Å². The predicted molar refractivity (Wildman–Crippen MR) is 98.4 cm³/mol. The molecule has 0 saturated carbocycles. The van der Waals surface area contributed by atoms with Crippen molar-refractivity contribution in [3.05, 3.63) is 54.4 Å². The number of nitrogens with zero attached hydrogens (tertiary/aromatic N) is 5. The summed E-state index contributed by atoms with van der Waals surface area (Å²) in [6.07, 6.45) is 5.61. The zero-order valence-electron chi connectivity index (χ0n) is 15.0. The first-order chi connectivity index (χ1) is 13.2. The minimum absolute atomic E-state index is 0.163. The molecule has 1 fully saturated rings. The maximum atomic E-state index is 11.3. The molecule has 1 aromatic carbocycles. The standard InChI is InChI=1S/C19H22N6O2/c20-16(26)12-25-10-8-21-19(25)15-7-4-9-24(11-15)13-17-22-18(23-27-17)14-5-2-1-3-6-14/h1-3,5-6,8,10,15H,4,7,9,11-13H2,(H2,20,26)/t15-/m1/s1. The third-order valence-electron chi connectivity index (χ3n) is 4.80. The molecule has 140 valence electrons. The lowest BCUT2D eigenvalue weighted by atomic mass is 9.97. The SMILES string of the molecule is NC(=O)Cn1ccnc1[C@@H]1CCCN(Cc2nc(-c3ccccc3)no2)C1. The molecule has 2 N–H and O–H groups in total. The summed E-state index contributed by atoms with van der Waals surface area (Å²) in [4.78, 5) is 22.5. The topological polar surface area (TPSA) is 103 Å². The normalized spacial score (nSPS) is 17.9. The quantitative estimate of drug-likeness (QED) is 0.713. The van der Waals surface area contributed by atoms with Gasteiger partial charge in [-0.05, 0) is 19.4 Å². The molecule has 1 aliphatic heterocycles. The van der Waals surface area contributed by atoms with Gasteiger partial charge in [-0.2, -0.15) is 4.98 Å². The van der Waals surface area contributed by atoms with Crippen LogP contribution in [0, 0.1) is 0 Å². The Kier molecular flexibility index (Phi) is 4.97. The minimum atomic E-state index is -0.360. The number of amides is 1. The van der Waals surface area contributed by atoms with Crippen molar-refractivity contribution in [1.82, 2.24) is 24.6 Å². The molecule has 2 aromatic heterocycles. The van der Waals surface area contributed by atoms with Gasteiger partial charge in [-0.1, -0.05) is 35.5 Å². The number of aromatic nitrogens is 4. The van der Waals surface area contributed by atoms with Gasteiger partial charge < -0.3 is 14.8 Å². The number of piperidine rings is 1. The fourth-order valence-corrected chi connectivity index (χ4v) is 3.61. The van der Waals surface area contributed by atoms with Crippen LogP contribution in [-0.4, -0.2) is 43.6 Å². The summed E-state index contributed by atoms with van der Waals surface area (Å²) in [5, 5.41) is 4.09. The van der Waals surface area contributed by atoms with Crippen LogP contribution in [0.1, 0.15) is 30.5 Å². The van der Waals surface area contributed by atoms with Gasteiger partial charge in [0.25, 0.3) is 0 Å². The van der Waals surface area contributed by atoms with E-state index in [1.807, 2.05) is 41.1 Å². The Morgan fingerprint density at radius 1 is 1.30 bits per heavy atom. The zero-order chi connectivity index (χ0) is 18.6. The number of likely N-dealkylation sites (tertiary alicyclic amines) is 1. The van der Waals surface area contributed by atoms with E-state index < -0.39 is 0 Å². The number of benzene rings is 1. The summed E-state index contributed by atoms with van der Waals surface area (Å²) >= 11 is 0. The lowest BCUT2D eigenvalue weighted by Gasteiger charge is -2.31. The molecule has 0 radical (unpaired) electrons. The highest BCUT2D eigenvalue weighted by Gasteiger charge is 2.26. The molecule has 0 spiro atoms. The molecule has 0 unspecified atom stereocenters. The van der Waals surface area contributed by atoms with E-state index in [0.29, 0.717) is 18.3 Å². The molecule has 0 aliphatic carbocycles.